The zero-order chi connectivity index (χ0) is 14.3. The van der Waals surface area contributed by atoms with E-state index in [1.165, 1.54) is 16.7 Å². The number of hydrogen-bond donors (Lipinski definition) is 1. The van der Waals surface area contributed by atoms with Crippen molar-refractivity contribution >= 4 is 9.84 Å². The maximum Gasteiger partial charge on any atom is 0.152 e. The van der Waals surface area contributed by atoms with Gasteiger partial charge in [-0.1, -0.05) is 29.3 Å². The topological polar surface area (TPSA) is 46.2 Å². The van der Waals surface area contributed by atoms with Crippen molar-refractivity contribution in [1.29, 1.82) is 0 Å². The summed E-state index contributed by atoms with van der Waals surface area (Å²) < 4.78 is 23.3. The average Bonchev–Trinajstić information content (AvgIpc) is 2.51. The summed E-state index contributed by atoms with van der Waals surface area (Å²) in [6.45, 7) is 8.29. The first-order valence-electron chi connectivity index (χ1n) is 6.75. The molecular formula is C15H23NO2S. The number of benzene rings is 1. The fourth-order valence-corrected chi connectivity index (χ4v) is 5.09. The highest BCUT2D eigenvalue weighted by Crippen LogP contribution is 2.27. The Bertz CT molecular complexity index is 560. The predicted molar refractivity (Wildman–Crippen MR) is 79.1 cm³/mol. The molecule has 0 amide bonds. The number of nitrogens with one attached hydrogen (secondary N) is 1. The van der Waals surface area contributed by atoms with Gasteiger partial charge in [-0.25, -0.2) is 8.42 Å². The van der Waals surface area contributed by atoms with Crippen LogP contribution in [0.5, 0.6) is 0 Å². The van der Waals surface area contributed by atoms with Crippen molar-refractivity contribution < 1.29 is 8.42 Å². The van der Waals surface area contributed by atoms with Gasteiger partial charge >= 0.3 is 0 Å². The van der Waals surface area contributed by atoms with Crippen LogP contribution in [-0.4, -0.2) is 25.5 Å². The largest absolute Gasteiger partial charge is 0.304 e. The van der Waals surface area contributed by atoms with Crippen LogP contribution in [0.4, 0.5) is 0 Å². The third-order valence-electron chi connectivity index (χ3n) is 3.81. The summed E-state index contributed by atoms with van der Waals surface area (Å²) in [5, 5.41) is 3.50. The zero-order valence-electron chi connectivity index (χ0n) is 12.2. The van der Waals surface area contributed by atoms with E-state index in [0.717, 1.165) is 0 Å². The highest BCUT2D eigenvalue weighted by Gasteiger charge is 2.38. The molecule has 0 radical (unpaired) electrons. The van der Waals surface area contributed by atoms with Gasteiger partial charge in [0.05, 0.1) is 11.5 Å². The Morgan fingerprint density at radius 3 is 2.26 bits per heavy atom. The summed E-state index contributed by atoms with van der Waals surface area (Å²) in [5.41, 5.74) is 3.42. The van der Waals surface area contributed by atoms with Crippen LogP contribution in [-0.2, 0) is 9.84 Å². The minimum Gasteiger partial charge on any atom is -0.304 e. The molecule has 1 fully saturated rings. The lowest BCUT2D eigenvalue weighted by molar-refractivity contribution is 0.355. The van der Waals surface area contributed by atoms with Gasteiger partial charge in [0.2, 0.25) is 0 Å². The summed E-state index contributed by atoms with van der Waals surface area (Å²) in [5.74, 6) is 0.547. The van der Waals surface area contributed by atoms with Crippen LogP contribution in [0.1, 0.15) is 43.0 Å². The fourth-order valence-electron chi connectivity index (χ4n) is 2.99. The highest BCUT2D eigenvalue weighted by atomic mass is 32.2. The molecule has 0 spiro atoms. The number of hydrogen-bond acceptors (Lipinski definition) is 3. The van der Waals surface area contributed by atoms with Crippen molar-refractivity contribution in [3.05, 3.63) is 34.9 Å². The Morgan fingerprint density at radius 1 is 1.21 bits per heavy atom. The summed E-state index contributed by atoms with van der Waals surface area (Å²) >= 11 is 0. The van der Waals surface area contributed by atoms with Crippen molar-refractivity contribution in [2.75, 3.05) is 11.5 Å². The van der Waals surface area contributed by atoms with Crippen molar-refractivity contribution in [3.8, 4) is 0 Å². The first kappa shape index (κ1) is 14.5. The molecular weight excluding hydrogens is 258 g/mol. The Kier molecular flexibility index (Phi) is 3.76. The molecule has 2 atom stereocenters. The number of aryl methyl sites for hydroxylation is 2. The molecule has 0 aromatic heterocycles. The maximum absolute atomic E-state index is 11.6. The second-order valence-electron chi connectivity index (χ2n) is 6.19. The fraction of sp³-hybridized carbons (Fsp3) is 0.600. The van der Waals surface area contributed by atoms with E-state index in [1.807, 2.05) is 6.92 Å². The SMILES string of the molecule is Cc1cc(C)cc(C(C)NC2(C)CCS(=O)(=O)C2)c1. The van der Waals surface area contributed by atoms with Gasteiger partial charge in [0.1, 0.15) is 0 Å². The standard InChI is InChI=1S/C15H23NO2S/c1-11-7-12(2)9-14(8-11)13(3)16-15(4)5-6-19(17,18)10-15/h7-9,13,16H,5-6,10H2,1-4H3. The third-order valence-corrected chi connectivity index (χ3v) is 5.72. The average molecular weight is 281 g/mol. The smallest absolute Gasteiger partial charge is 0.152 e. The molecule has 106 valence electrons. The monoisotopic (exact) mass is 281 g/mol. The van der Waals surface area contributed by atoms with Gasteiger partial charge in [-0.05, 0) is 39.7 Å². The predicted octanol–water partition coefficient (Wildman–Crippen LogP) is 2.53. The van der Waals surface area contributed by atoms with Gasteiger partial charge in [-0.2, -0.15) is 0 Å². The van der Waals surface area contributed by atoms with E-state index in [4.69, 9.17) is 0 Å². The van der Waals surface area contributed by atoms with E-state index >= 15 is 0 Å². The summed E-state index contributed by atoms with van der Waals surface area (Å²) in [6.07, 6.45) is 0.699. The lowest BCUT2D eigenvalue weighted by Gasteiger charge is -2.29. The van der Waals surface area contributed by atoms with E-state index in [2.05, 4.69) is 44.3 Å². The van der Waals surface area contributed by atoms with E-state index in [0.29, 0.717) is 12.2 Å². The van der Waals surface area contributed by atoms with Crippen LogP contribution in [0.2, 0.25) is 0 Å². The van der Waals surface area contributed by atoms with Crippen LogP contribution < -0.4 is 5.32 Å². The lowest BCUT2D eigenvalue weighted by atomic mass is 9.97. The molecule has 1 aliphatic heterocycles. The van der Waals surface area contributed by atoms with Gasteiger partial charge in [0.15, 0.2) is 9.84 Å². The molecule has 1 N–H and O–H groups in total. The van der Waals surface area contributed by atoms with Gasteiger partial charge in [0.25, 0.3) is 0 Å². The van der Waals surface area contributed by atoms with Gasteiger partial charge in [-0.15, -0.1) is 0 Å². The Labute approximate surface area is 116 Å². The highest BCUT2D eigenvalue weighted by molar-refractivity contribution is 7.91. The van der Waals surface area contributed by atoms with E-state index in [1.54, 1.807) is 0 Å². The molecule has 0 bridgehead atoms. The molecule has 1 aromatic carbocycles. The van der Waals surface area contributed by atoms with Crippen molar-refractivity contribution in [1.82, 2.24) is 5.32 Å². The van der Waals surface area contributed by atoms with Gasteiger partial charge < -0.3 is 5.32 Å². The van der Waals surface area contributed by atoms with Crippen molar-refractivity contribution in [2.45, 2.75) is 45.7 Å². The first-order valence-corrected chi connectivity index (χ1v) is 8.58. The minimum atomic E-state index is -2.86. The quantitative estimate of drug-likeness (QED) is 0.926. The van der Waals surface area contributed by atoms with E-state index in [9.17, 15) is 8.42 Å². The lowest BCUT2D eigenvalue weighted by Crippen LogP contribution is -2.44. The van der Waals surface area contributed by atoms with Crippen LogP contribution >= 0.6 is 0 Å². The molecule has 1 aromatic rings. The maximum atomic E-state index is 11.6. The van der Waals surface area contributed by atoms with Crippen molar-refractivity contribution in [2.24, 2.45) is 0 Å². The summed E-state index contributed by atoms with van der Waals surface area (Å²) in [4.78, 5) is 0. The summed E-state index contributed by atoms with van der Waals surface area (Å²) in [7, 11) is -2.86. The molecule has 1 aliphatic rings. The Hall–Kier alpha value is -0.870. The molecule has 1 heterocycles. The van der Waals surface area contributed by atoms with Crippen molar-refractivity contribution in [3.63, 3.8) is 0 Å². The Balaban J connectivity index is 2.15. The Morgan fingerprint density at radius 2 is 1.79 bits per heavy atom. The molecule has 19 heavy (non-hydrogen) atoms. The van der Waals surface area contributed by atoms with Gasteiger partial charge in [0, 0.05) is 11.6 Å². The summed E-state index contributed by atoms with van der Waals surface area (Å²) in [6, 6.07) is 6.64. The number of rotatable bonds is 3. The molecule has 1 saturated heterocycles. The van der Waals surface area contributed by atoms with Gasteiger partial charge in [-0.3, -0.25) is 0 Å². The van der Waals surface area contributed by atoms with E-state index in [-0.39, 0.29) is 17.3 Å². The van der Waals surface area contributed by atoms with Crippen LogP contribution in [0, 0.1) is 13.8 Å². The van der Waals surface area contributed by atoms with E-state index < -0.39 is 9.84 Å². The molecule has 0 saturated carbocycles. The van der Waals surface area contributed by atoms with Crippen LogP contribution in [0.25, 0.3) is 0 Å². The third kappa shape index (κ3) is 3.57. The molecule has 2 unspecified atom stereocenters. The second-order valence-corrected chi connectivity index (χ2v) is 8.37. The second kappa shape index (κ2) is 4.91. The molecule has 4 heteroatoms. The zero-order valence-corrected chi connectivity index (χ0v) is 13.0. The number of sulfone groups is 1. The normalized spacial score (nSPS) is 27.4. The van der Waals surface area contributed by atoms with Crippen LogP contribution in [0.15, 0.2) is 18.2 Å². The molecule has 3 nitrogen and oxygen atoms in total. The minimum absolute atomic E-state index is 0.164. The molecule has 2 rings (SSSR count). The molecule has 0 aliphatic carbocycles. The first-order chi connectivity index (χ1) is 8.69. The van der Waals surface area contributed by atoms with Crippen LogP contribution in [0.3, 0.4) is 0 Å².